The summed E-state index contributed by atoms with van der Waals surface area (Å²) in [6, 6.07) is 16.1. The SMILES string of the molecule is COC(=O)c1cc(NC(=O)Nc2ccc(OC)cc2)ccc1OS(=O)(=O)c1ccc(C)cc1. The summed E-state index contributed by atoms with van der Waals surface area (Å²) in [6.45, 7) is 1.82. The highest BCUT2D eigenvalue weighted by molar-refractivity contribution is 7.87. The van der Waals surface area contributed by atoms with Crippen molar-refractivity contribution in [2.75, 3.05) is 24.9 Å². The summed E-state index contributed by atoms with van der Waals surface area (Å²) in [5, 5.41) is 5.21. The number of carbonyl (C=O) groups excluding carboxylic acids is 2. The Morgan fingerprint density at radius 1 is 0.818 bits per heavy atom. The lowest BCUT2D eigenvalue weighted by Gasteiger charge is -2.13. The van der Waals surface area contributed by atoms with Crippen LogP contribution in [-0.2, 0) is 14.9 Å². The molecule has 0 aliphatic rings. The normalized spacial score (nSPS) is 10.8. The first-order valence-corrected chi connectivity index (χ1v) is 11.1. The van der Waals surface area contributed by atoms with Gasteiger partial charge in [0.05, 0.1) is 14.2 Å². The highest BCUT2D eigenvalue weighted by Gasteiger charge is 2.22. The van der Waals surface area contributed by atoms with Gasteiger partial charge in [0.15, 0.2) is 5.75 Å². The summed E-state index contributed by atoms with van der Waals surface area (Å²) >= 11 is 0. The second kappa shape index (κ2) is 10.0. The Labute approximate surface area is 191 Å². The first-order valence-electron chi connectivity index (χ1n) is 9.67. The summed E-state index contributed by atoms with van der Waals surface area (Å²) in [7, 11) is -1.51. The largest absolute Gasteiger partial charge is 0.497 e. The average molecular weight is 471 g/mol. The van der Waals surface area contributed by atoms with E-state index in [1.54, 1.807) is 36.4 Å². The smallest absolute Gasteiger partial charge is 0.341 e. The maximum atomic E-state index is 12.6. The molecule has 0 radical (unpaired) electrons. The Bertz CT molecular complexity index is 1250. The van der Waals surface area contributed by atoms with Gasteiger partial charge in [-0.25, -0.2) is 9.59 Å². The molecule has 0 aromatic heterocycles. The van der Waals surface area contributed by atoms with E-state index >= 15 is 0 Å². The van der Waals surface area contributed by atoms with Crippen LogP contribution in [0.25, 0.3) is 0 Å². The number of benzene rings is 3. The molecule has 3 aromatic carbocycles. The van der Waals surface area contributed by atoms with E-state index < -0.39 is 22.1 Å². The number of nitrogens with one attached hydrogen (secondary N) is 2. The second-order valence-corrected chi connectivity index (χ2v) is 8.41. The molecule has 0 saturated carbocycles. The van der Waals surface area contributed by atoms with Crippen molar-refractivity contribution in [2.24, 2.45) is 0 Å². The van der Waals surface area contributed by atoms with Crippen LogP contribution in [0, 0.1) is 6.92 Å². The van der Waals surface area contributed by atoms with E-state index in [0.29, 0.717) is 11.4 Å². The number of hydrogen-bond acceptors (Lipinski definition) is 7. The third-order valence-corrected chi connectivity index (χ3v) is 5.75. The van der Waals surface area contributed by atoms with Gasteiger partial charge in [-0.3, -0.25) is 0 Å². The lowest BCUT2D eigenvalue weighted by Crippen LogP contribution is -2.20. The van der Waals surface area contributed by atoms with E-state index in [1.807, 2.05) is 6.92 Å². The van der Waals surface area contributed by atoms with E-state index in [1.165, 1.54) is 37.4 Å². The summed E-state index contributed by atoms with van der Waals surface area (Å²) in [5.41, 5.74) is 1.45. The molecular formula is C23H22N2O7S. The maximum absolute atomic E-state index is 12.6. The Hall–Kier alpha value is -4.05. The van der Waals surface area contributed by atoms with Crippen molar-refractivity contribution in [1.82, 2.24) is 0 Å². The Morgan fingerprint density at radius 2 is 1.42 bits per heavy atom. The van der Waals surface area contributed by atoms with E-state index in [0.717, 1.165) is 12.7 Å². The predicted molar refractivity (Wildman–Crippen MR) is 122 cm³/mol. The summed E-state index contributed by atoms with van der Waals surface area (Å²) < 4.78 is 40.2. The van der Waals surface area contributed by atoms with Gasteiger partial charge in [-0.05, 0) is 61.5 Å². The molecule has 0 aliphatic heterocycles. The van der Waals surface area contributed by atoms with Gasteiger partial charge >= 0.3 is 22.1 Å². The first kappa shape index (κ1) is 23.6. The van der Waals surface area contributed by atoms with Gasteiger partial charge in [0.1, 0.15) is 16.2 Å². The quantitative estimate of drug-likeness (QED) is 0.392. The standard InChI is InChI=1S/C23H22N2O7S/c1-15-4-11-19(12-5-15)33(28,29)32-21-13-8-17(14-20(21)22(26)31-3)25-23(27)24-16-6-9-18(30-2)10-7-16/h4-14H,1-3H3,(H2,24,25,27). The Balaban J connectivity index is 1.80. The highest BCUT2D eigenvalue weighted by Crippen LogP contribution is 2.27. The van der Waals surface area contributed by atoms with E-state index in [2.05, 4.69) is 10.6 Å². The van der Waals surface area contributed by atoms with Crippen molar-refractivity contribution in [3.63, 3.8) is 0 Å². The lowest BCUT2D eigenvalue weighted by molar-refractivity contribution is 0.0599. The second-order valence-electron chi connectivity index (χ2n) is 6.86. The molecule has 9 nitrogen and oxygen atoms in total. The zero-order chi connectivity index (χ0) is 24.0. The molecule has 0 atom stereocenters. The van der Waals surface area contributed by atoms with E-state index in [4.69, 9.17) is 13.7 Å². The van der Waals surface area contributed by atoms with Crippen molar-refractivity contribution < 1.29 is 31.7 Å². The summed E-state index contributed by atoms with van der Waals surface area (Å²) in [4.78, 5) is 24.5. The monoisotopic (exact) mass is 470 g/mol. The number of hydrogen-bond donors (Lipinski definition) is 2. The Morgan fingerprint density at radius 3 is 2.03 bits per heavy atom. The van der Waals surface area contributed by atoms with Crippen LogP contribution >= 0.6 is 0 Å². The summed E-state index contributed by atoms with van der Waals surface area (Å²) in [5.74, 6) is -0.424. The van der Waals surface area contributed by atoms with Crippen LogP contribution < -0.4 is 19.6 Å². The lowest BCUT2D eigenvalue weighted by atomic mass is 10.2. The molecule has 0 heterocycles. The van der Waals surface area contributed by atoms with Crippen molar-refractivity contribution in [1.29, 1.82) is 0 Å². The number of ether oxygens (including phenoxy) is 2. The highest BCUT2D eigenvalue weighted by atomic mass is 32.2. The molecule has 3 rings (SSSR count). The molecular weight excluding hydrogens is 448 g/mol. The predicted octanol–water partition coefficient (Wildman–Crippen LogP) is 4.20. The molecule has 2 amide bonds. The third-order valence-electron chi connectivity index (χ3n) is 4.50. The zero-order valence-electron chi connectivity index (χ0n) is 18.1. The minimum atomic E-state index is -4.19. The van der Waals surface area contributed by atoms with Crippen LogP contribution in [-0.4, -0.2) is 34.6 Å². The van der Waals surface area contributed by atoms with Gasteiger partial charge < -0.3 is 24.3 Å². The number of urea groups is 1. The average Bonchev–Trinajstić information content (AvgIpc) is 2.80. The van der Waals surface area contributed by atoms with Gasteiger partial charge in [0, 0.05) is 11.4 Å². The Kier molecular flexibility index (Phi) is 7.19. The maximum Gasteiger partial charge on any atom is 0.341 e. The number of carbonyl (C=O) groups is 2. The van der Waals surface area contributed by atoms with Crippen LogP contribution in [0.3, 0.4) is 0 Å². The van der Waals surface area contributed by atoms with Crippen LogP contribution in [0.1, 0.15) is 15.9 Å². The fourth-order valence-electron chi connectivity index (χ4n) is 2.79. The zero-order valence-corrected chi connectivity index (χ0v) is 18.9. The molecule has 0 aliphatic carbocycles. The molecule has 0 spiro atoms. The molecule has 2 N–H and O–H groups in total. The molecule has 0 saturated heterocycles. The van der Waals surface area contributed by atoms with Crippen molar-refractivity contribution in [2.45, 2.75) is 11.8 Å². The number of aryl methyl sites for hydroxylation is 1. The van der Waals surface area contributed by atoms with Crippen LogP contribution in [0.4, 0.5) is 16.2 Å². The van der Waals surface area contributed by atoms with Crippen molar-refractivity contribution in [3.8, 4) is 11.5 Å². The van der Waals surface area contributed by atoms with Gasteiger partial charge in [-0.15, -0.1) is 0 Å². The van der Waals surface area contributed by atoms with E-state index in [-0.39, 0.29) is 21.9 Å². The summed E-state index contributed by atoms with van der Waals surface area (Å²) in [6.07, 6.45) is 0. The minimum Gasteiger partial charge on any atom is -0.497 e. The molecule has 33 heavy (non-hydrogen) atoms. The number of esters is 1. The third kappa shape index (κ3) is 6.01. The van der Waals surface area contributed by atoms with Crippen molar-refractivity contribution >= 4 is 33.5 Å². The first-order chi connectivity index (χ1) is 15.7. The van der Waals surface area contributed by atoms with Crippen molar-refractivity contribution in [3.05, 3.63) is 77.9 Å². The number of anilines is 2. The molecule has 10 heteroatoms. The van der Waals surface area contributed by atoms with Crippen LogP contribution in [0.15, 0.2) is 71.6 Å². The van der Waals surface area contributed by atoms with Gasteiger partial charge in [0.25, 0.3) is 0 Å². The molecule has 172 valence electrons. The number of methoxy groups -OCH3 is 2. The molecule has 0 fully saturated rings. The minimum absolute atomic E-state index is 0.0648. The van der Waals surface area contributed by atoms with E-state index in [9.17, 15) is 18.0 Å². The van der Waals surface area contributed by atoms with Gasteiger partial charge in [-0.2, -0.15) is 8.42 Å². The molecule has 0 unspecified atom stereocenters. The molecule has 0 bridgehead atoms. The van der Waals surface area contributed by atoms with Crippen LogP contribution in [0.2, 0.25) is 0 Å². The fraction of sp³-hybridized carbons (Fsp3) is 0.130. The van der Waals surface area contributed by atoms with Gasteiger partial charge in [-0.1, -0.05) is 17.7 Å². The topological polar surface area (TPSA) is 120 Å². The van der Waals surface area contributed by atoms with Crippen LogP contribution in [0.5, 0.6) is 11.5 Å². The number of rotatable bonds is 7. The van der Waals surface area contributed by atoms with Gasteiger partial charge in [0.2, 0.25) is 0 Å². The fourth-order valence-corrected chi connectivity index (χ4v) is 3.74. The number of amides is 2. The molecule has 3 aromatic rings.